The zero-order chi connectivity index (χ0) is 18.1. The van der Waals surface area contributed by atoms with Crippen LogP contribution in [-0.2, 0) is 6.54 Å². The molecule has 0 aliphatic rings. The quantitative estimate of drug-likeness (QED) is 0.338. The highest BCUT2D eigenvalue weighted by Gasteiger charge is 2.10. The fraction of sp³-hybridized carbons (Fsp3) is 0.0588. The Hall–Kier alpha value is -3.00. The van der Waals surface area contributed by atoms with Crippen molar-refractivity contribution in [2.24, 2.45) is 4.99 Å². The van der Waals surface area contributed by atoms with Crippen LogP contribution in [0.5, 0.6) is 23.1 Å². The van der Waals surface area contributed by atoms with Crippen molar-refractivity contribution < 1.29 is 20.4 Å². The molecule has 5 N–H and O–H groups in total. The predicted molar refractivity (Wildman–Crippen MR) is 96.7 cm³/mol. The molecule has 0 spiro atoms. The minimum Gasteiger partial charge on any atom is -0.504 e. The molecular formula is C17H13BrN2O5. The van der Waals surface area contributed by atoms with Crippen LogP contribution in [-0.4, -0.2) is 31.6 Å². The number of fused-ring (bicyclic) bond motifs is 1. The number of nitrogens with zero attached hydrogens (tertiary/aromatic N) is 1. The molecule has 3 rings (SSSR count). The van der Waals surface area contributed by atoms with Gasteiger partial charge >= 0.3 is 0 Å². The van der Waals surface area contributed by atoms with Crippen LogP contribution in [0.1, 0.15) is 11.1 Å². The number of pyridine rings is 1. The van der Waals surface area contributed by atoms with Crippen molar-refractivity contribution >= 4 is 32.9 Å². The lowest BCUT2D eigenvalue weighted by atomic mass is 10.1. The number of nitrogens with one attached hydrogen (secondary N) is 1. The Morgan fingerprint density at radius 2 is 1.72 bits per heavy atom. The number of aliphatic imine (C=N–C) groups is 1. The smallest absolute Gasteiger partial charge is 0.258 e. The van der Waals surface area contributed by atoms with Crippen LogP contribution in [0, 0.1) is 0 Å². The maximum atomic E-state index is 11.9. The largest absolute Gasteiger partial charge is 0.504 e. The van der Waals surface area contributed by atoms with Gasteiger partial charge in [0, 0.05) is 21.5 Å². The molecule has 0 saturated heterocycles. The Morgan fingerprint density at radius 1 is 1.04 bits per heavy atom. The van der Waals surface area contributed by atoms with Gasteiger partial charge in [0.25, 0.3) is 5.56 Å². The molecule has 3 aromatic rings. The number of aromatic hydroxyl groups is 4. The Balaban J connectivity index is 1.99. The average Bonchev–Trinajstić information content (AvgIpc) is 2.55. The number of H-pyrrole nitrogens is 1. The number of aromatic nitrogens is 1. The van der Waals surface area contributed by atoms with Crippen molar-refractivity contribution in [1.29, 1.82) is 0 Å². The summed E-state index contributed by atoms with van der Waals surface area (Å²) in [5, 5.41) is 39.3. The van der Waals surface area contributed by atoms with Gasteiger partial charge in [-0.1, -0.05) is 15.9 Å². The third kappa shape index (κ3) is 3.29. The van der Waals surface area contributed by atoms with E-state index >= 15 is 0 Å². The standard InChI is InChI=1S/C17H13BrN2O5/c18-9-1-2-10-11(5-9)12(17(25)20-16(10)24)7-19-6-8-3-13(21)15(23)14(22)4-8/h1-5,7,21-23H,6H2,(H2,20,24,25). The highest BCUT2D eigenvalue weighted by atomic mass is 79.9. The van der Waals surface area contributed by atoms with Crippen molar-refractivity contribution in [2.75, 3.05) is 0 Å². The number of benzene rings is 2. The highest BCUT2D eigenvalue weighted by molar-refractivity contribution is 9.10. The van der Waals surface area contributed by atoms with Crippen LogP contribution in [0.3, 0.4) is 0 Å². The number of aromatic amines is 1. The normalized spacial score (nSPS) is 11.4. The summed E-state index contributed by atoms with van der Waals surface area (Å²) in [5.74, 6) is -1.81. The summed E-state index contributed by atoms with van der Waals surface area (Å²) in [4.78, 5) is 18.4. The Bertz CT molecular complexity index is 1040. The van der Waals surface area contributed by atoms with Crippen LogP contribution in [0.4, 0.5) is 0 Å². The van der Waals surface area contributed by atoms with E-state index in [9.17, 15) is 25.2 Å². The van der Waals surface area contributed by atoms with Crippen LogP contribution in [0.2, 0.25) is 0 Å². The van der Waals surface area contributed by atoms with Crippen LogP contribution < -0.4 is 5.56 Å². The summed E-state index contributed by atoms with van der Waals surface area (Å²) in [7, 11) is 0. The van der Waals surface area contributed by atoms with E-state index in [1.54, 1.807) is 18.2 Å². The molecule has 7 nitrogen and oxygen atoms in total. The molecule has 0 aliphatic heterocycles. The Morgan fingerprint density at radius 3 is 2.40 bits per heavy atom. The molecule has 2 aromatic carbocycles. The van der Waals surface area contributed by atoms with Gasteiger partial charge in [-0.3, -0.25) is 14.8 Å². The number of halogens is 1. The molecular weight excluding hydrogens is 392 g/mol. The number of hydrogen-bond donors (Lipinski definition) is 5. The van der Waals surface area contributed by atoms with Gasteiger partial charge in [-0.2, -0.15) is 0 Å². The highest BCUT2D eigenvalue weighted by Crippen LogP contribution is 2.35. The van der Waals surface area contributed by atoms with Crippen LogP contribution >= 0.6 is 15.9 Å². The van der Waals surface area contributed by atoms with Gasteiger partial charge in [-0.05, 0) is 35.9 Å². The van der Waals surface area contributed by atoms with Gasteiger partial charge in [-0.15, -0.1) is 0 Å². The molecule has 0 amide bonds. The summed E-state index contributed by atoms with van der Waals surface area (Å²) < 4.78 is 0.744. The maximum Gasteiger partial charge on any atom is 0.258 e. The minimum absolute atomic E-state index is 0.0788. The monoisotopic (exact) mass is 404 g/mol. The number of hydrogen-bond acceptors (Lipinski definition) is 6. The lowest BCUT2D eigenvalue weighted by Crippen LogP contribution is -2.08. The first-order valence-electron chi connectivity index (χ1n) is 7.15. The zero-order valence-corrected chi connectivity index (χ0v) is 14.3. The van der Waals surface area contributed by atoms with E-state index in [0.717, 1.165) is 4.47 Å². The molecule has 0 bridgehead atoms. The SMILES string of the molecule is O=c1[nH]c(O)c(C=NCc2cc(O)c(O)c(O)c2)c2cc(Br)ccc12. The van der Waals surface area contributed by atoms with E-state index in [4.69, 9.17) is 0 Å². The second-order valence-corrected chi connectivity index (χ2v) is 6.27. The van der Waals surface area contributed by atoms with E-state index in [-0.39, 0.29) is 12.4 Å². The molecule has 25 heavy (non-hydrogen) atoms. The van der Waals surface area contributed by atoms with Crippen molar-refractivity contribution in [1.82, 2.24) is 4.98 Å². The Kier molecular flexibility index (Phi) is 4.37. The number of phenolic OH excluding ortho intramolecular Hbond substituents is 3. The molecule has 1 heterocycles. The molecule has 0 fully saturated rings. The lowest BCUT2D eigenvalue weighted by Gasteiger charge is -2.06. The average molecular weight is 405 g/mol. The summed E-state index contributed by atoms with van der Waals surface area (Å²) in [6.07, 6.45) is 1.39. The van der Waals surface area contributed by atoms with Crippen LogP contribution in [0.25, 0.3) is 10.8 Å². The molecule has 1 aromatic heterocycles. The van der Waals surface area contributed by atoms with Gasteiger partial charge in [0.05, 0.1) is 12.1 Å². The summed E-state index contributed by atoms with van der Waals surface area (Å²) in [6.45, 7) is 0.0788. The van der Waals surface area contributed by atoms with E-state index in [0.29, 0.717) is 21.9 Å². The van der Waals surface area contributed by atoms with E-state index in [1.165, 1.54) is 18.3 Å². The molecule has 0 saturated carbocycles. The molecule has 0 atom stereocenters. The van der Waals surface area contributed by atoms with Crippen molar-refractivity contribution in [2.45, 2.75) is 6.54 Å². The molecule has 0 unspecified atom stereocenters. The van der Waals surface area contributed by atoms with Gasteiger partial charge < -0.3 is 20.4 Å². The summed E-state index contributed by atoms with van der Waals surface area (Å²) >= 11 is 3.33. The number of phenols is 3. The first kappa shape index (κ1) is 16.8. The van der Waals surface area contributed by atoms with E-state index in [1.807, 2.05) is 0 Å². The lowest BCUT2D eigenvalue weighted by molar-refractivity contribution is 0.367. The van der Waals surface area contributed by atoms with Gasteiger partial charge in [0.15, 0.2) is 17.2 Å². The Labute approximate surface area is 149 Å². The minimum atomic E-state index is -0.596. The van der Waals surface area contributed by atoms with Crippen molar-refractivity contribution in [3.05, 3.63) is 56.3 Å². The van der Waals surface area contributed by atoms with Gasteiger partial charge in [-0.25, -0.2) is 0 Å². The van der Waals surface area contributed by atoms with Crippen LogP contribution in [0.15, 0.2) is 44.6 Å². The molecule has 0 radical (unpaired) electrons. The topological polar surface area (TPSA) is 126 Å². The molecule has 0 aliphatic carbocycles. The molecule has 128 valence electrons. The fourth-order valence-electron chi connectivity index (χ4n) is 2.43. The fourth-order valence-corrected chi connectivity index (χ4v) is 2.79. The summed E-state index contributed by atoms with van der Waals surface area (Å²) in [6, 6.07) is 7.59. The first-order chi connectivity index (χ1) is 11.9. The van der Waals surface area contributed by atoms with Crippen molar-refractivity contribution in [3.8, 4) is 23.1 Å². The molecule has 8 heteroatoms. The van der Waals surface area contributed by atoms with Crippen molar-refractivity contribution in [3.63, 3.8) is 0 Å². The zero-order valence-electron chi connectivity index (χ0n) is 12.7. The number of rotatable bonds is 3. The third-order valence-electron chi connectivity index (χ3n) is 3.63. The second-order valence-electron chi connectivity index (χ2n) is 5.36. The van der Waals surface area contributed by atoms with Gasteiger partial charge in [0.1, 0.15) is 0 Å². The second kappa shape index (κ2) is 6.48. The summed E-state index contributed by atoms with van der Waals surface area (Å²) in [5.41, 5.74) is 0.382. The first-order valence-corrected chi connectivity index (χ1v) is 7.94. The maximum absolute atomic E-state index is 11.9. The van der Waals surface area contributed by atoms with Gasteiger partial charge in [0.2, 0.25) is 5.88 Å². The van der Waals surface area contributed by atoms with E-state index < -0.39 is 22.8 Å². The predicted octanol–water partition coefficient (Wildman–Crippen LogP) is 2.73. The third-order valence-corrected chi connectivity index (χ3v) is 4.12. The van der Waals surface area contributed by atoms with E-state index in [2.05, 4.69) is 25.9 Å².